The molecular formula is C17H24F2N2O4S. The van der Waals surface area contributed by atoms with Gasteiger partial charge in [0.15, 0.2) is 9.84 Å². The van der Waals surface area contributed by atoms with Gasteiger partial charge in [0, 0.05) is 32.3 Å². The van der Waals surface area contributed by atoms with Crippen molar-refractivity contribution in [3.8, 4) is 0 Å². The third kappa shape index (κ3) is 4.77. The Bertz CT molecular complexity index is 727. The highest BCUT2D eigenvalue weighted by molar-refractivity contribution is 7.90. The zero-order valence-electron chi connectivity index (χ0n) is 14.6. The number of rotatable bonds is 6. The van der Waals surface area contributed by atoms with Crippen molar-refractivity contribution in [1.82, 2.24) is 10.2 Å². The van der Waals surface area contributed by atoms with Crippen LogP contribution in [0.3, 0.4) is 0 Å². The van der Waals surface area contributed by atoms with Gasteiger partial charge in [0.05, 0.1) is 36.3 Å². The Morgan fingerprint density at radius 1 is 1.35 bits per heavy atom. The molecule has 0 saturated carbocycles. The Morgan fingerprint density at radius 3 is 2.62 bits per heavy atom. The summed E-state index contributed by atoms with van der Waals surface area (Å²) < 4.78 is 55.0. The first-order valence-corrected chi connectivity index (χ1v) is 10.5. The molecule has 1 aromatic carbocycles. The number of halogens is 2. The molecule has 2 saturated heterocycles. The van der Waals surface area contributed by atoms with Gasteiger partial charge in [-0.05, 0) is 17.7 Å². The molecule has 2 aliphatic heterocycles. The van der Waals surface area contributed by atoms with Crippen molar-refractivity contribution in [2.75, 3.05) is 32.5 Å². The molecule has 1 aromatic rings. The molecule has 0 amide bonds. The van der Waals surface area contributed by atoms with E-state index in [1.165, 1.54) is 0 Å². The quantitative estimate of drug-likeness (QED) is 0.743. The second kappa shape index (κ2) is 7.47. The Labute approximate surface area is 152 Å². The molecule has 2 aliphatic rings. The summed E-state index contributed by atoms with van der Waals surface area (Å²) in [6.07, 6.45) is -0.266. The van der Waals surface area contributed by atoms with Crippen LogP contribution >= 0.6 is 0 Å². The van der Waals surface area contributed by atoms with E-state index in [-0.39, 0.29) is 30.4 Å². The van der Waals surface area contributed by atoms with E-state index in [0.717, 1.165) is 11.8 Å². The summed E-state index contributed by atoms with van der Waals surface area (Å²) in [7, 11) is -3.22. The van der Waals surface area contributed by atoms with E-state index in [1.54, 1.807) is 29.2 Å². The molecule has 6 nitrogen and oxygen atoms in total. The normalized spacial score (nSPS) is 29.3. The number of aliphatic hydroxyl groups excluding tert-OH is 1. The second-order valence-corrected chi connectivity index (χ2v) is 9.12. The fraction of sp³-hybridized carbons (Fsp3) is 0.647. The number of benzene rings is 1. The molecule has 0 aliphatic carbocycles. The molecular weight excluding hydrogens is 366 g/mol. The fourth-order valence-corrected chi connectivity index (χ4v) is 3.98. The van der Waals surface area contributed by atoms with Crippen molar-refractivity contribution in [1.29, 1.82) is 0 Å². The molecule has 26 heavy (non-hydrogen) atoms. The zero-order chi connectivity index (χ0) is 18.9. The van der Waals surface area contributed by atoms with Gasteiger partial charge in [0.2, 0.25) is 0 Å². The molecule has 146 valence electrons. The van der Waals surface area contributed by atoms with Crippen molar-refractivity contribution in [3.05, 3.63) is 29.8 Å². The van der Waals surface area contributed by atoms with Crippen LogP contribution in [0.5, 0.6) is 0 Å². The largest absolute Gasteiger partial charge is 0.389 e. The molecule has 0 aromatic heterocycles. The first kappa shape index (κ1) is 19.6. The van der Waals surface area contributed by atoms with Crippen LogP contribution in [-0.4, -0.2) is 75.1 Å². The summed E-state index contributed by atoms with van der Waals surface area (Å²) >= 11 is 0. The van der Waals surface area contributed by atoms with Crippen LogP contribution in [-0.2, 0) is 21.1 Å². The lowest BCUT2D eigenvalue weighted by Gasteiger charge is -2.23. The SMILES string of the molecule is CS(=O)(=O)c1ccc(CN[C@H]2CO[C@@H](CN3CCC(F)(F)C3)[C@@H]2O)cc1. The number of hydrogen-bond acceptors (Lipinski definition) is 6. The number of ether oxygens (including phenoxy) is 1. The molecule has 2 fully saturated rings. The van der Waals surface area contributed by atoms with Crippen molar-refractivity contribution in [3.63, 3.8) is 0 Å². The summed E-state index contributed by atoms with van der Waals surface area (Å²) in [6, 6.07) is 6.23. The first-order chi connectivity index (χ1) is 12.1. The number of nitrogens with one attached hydrogen (secondary N) is 1. The third-order valence-corrected chi connectivity index (χ3v) is 6.02. The van der Waals surface area contributed by atoms with Crippen LogP contribution in [0.4, 0.5) is 8.78 Å². The molecule has 0 unspecified atom stereocenters. The van der Waals surface area contributed by atoms with Gasteiger partial charge in [-0.15, -0.1) is 0 Å². The third-order valence-electron chi connectivity index (χ3n) is 4.89. The van der Waals surface area contributed by atoms with Crippen LogP contribution in [0.2, 0.25) is 0 Å². The van der Waals surface area contributed by atoms with Gasteiger partial charge < -0.3 is 15.2 Å². The van der Waals surface area contributed by atoms with Gasteiger partial charge >= 0.3 is 0 Å². The van der Waals surface area contributed by atoms with E-state index in [2.05, 4.69) is 5.32 Å². The van der Waals surface area contributed by atoms with E-state index >= 15 is 0 Å². The highest BCUT2D eigenvalue weighted by atomic mass is 32.2. The lowest BCUT2D eigenvalue weighted by atomic mass is 10.1. The fourth-order valence-electron chi connectivity index (χ4n) is 3.34. The number of alkyl halides is 2. The van der Waals surface area contributed by atoms with Crippen LogP contribution in [0.25, 0.3) is 0 Å². The highest BCUT2D eigenvalue weighted by Crippen LogP contribution is 2.28. The Balaban J connectivity index is 1.49. The average molecular weight is 390 g/mol. The first-order valence-electron chi connectivity index (χ1n) is 8.56. The maximum atomic E-state index is 13.3. The smallest absolute Gasteiger partial charge is 0.261 e. The van der Waals surface area contributed by atoms with Gasteiger partial charge in [-0.3, -0.25) is 4.90 Å². The summed E-state index contributed by atoms with van der Waals surface area (Å²) in [4.78, 5) is 1.88. The standard InChI is InChI=1S/C17H24F2N2O4S/c1-26(23,24)13-4-2-12(3-5-13)8-20-14-10-25-15(16(14)22)9-21-7-6-17(18,19)11-21/h2-5,14-16,20,22H,6-11H2,1H3/t14-,15-,16+/m0/s1. The monoisotopic (exact) mass is 390 g/mol. The average Bonchev–Trinajstić information content (AvgIpc) is 3.08. The Hall–Kier alpha value is -1.13. The molecule has 2 N–H and O–H groups in total. The minimum atomic E-state index is -3.22. The minimum Gasteiger partial charge on any atom is -0.389 e. The van der Waals surface area contributed by atoms with E-state index < -0.39 is 28.0 Å². The van der Waals surface area contributed by atoms with Gasteiger partial charge in [0.1, 0.15) is 0 Å². The molecule has 0 bridgehead atoms. The van der Waals surface area contributed by atoms with Crippen LogP contribution in [0.1, 0.15) is 12.0 Å². The van der Waals surface area contributed by atoms with Crippen molar-refractivity contribution in [2.24, 2.45) is 0 Å². The number of likely N-dealkylation sites (tertiary alicyclic amines) is 1. The molecule has 3 rings (SSSR count). The zero-order valence-corrected chi connectivity index (χ0v) is 15.4. The molecule has 9 heteroatoms. The van der Waals surface area contributed by atoms with Crippen LogP contribution in [0, 0.1) is 0 Å². The van der Waals surface area contributed by atoms with E-state index in [4.69, 9.17) is 4.74 Å². The maximum absolute atomic E-state index is 13.3. The number of aliphatic hydroxyl groups is 1. The lowest BCUT2D eigenvalue weighted by molar-refractivity contribution is -0.00739. The van der Waals surface area contributed by atoms with Crippen LogP contribution < -0.4 is 5.32 Å². The minimum absolute atomic E-state index is 0.152. The summed E-state index contributed by atoms with van der Waals surface area (Å²) in [5, 5.41) is 13.6. The summed E-state index contributed by atoms with van der Waals surface area (Å²) in [5.74, 6) is -2.65. The van der Waals surface area contributed by atoms with Crippen molar-refractivity contribution < 1.29 is 27.0 Å². The number of nitrogens with zero attached hydrogens (tertiary/aromatic N) is 1. The van der Waals surface area contributed by atoms with Gasteiger partial charge in [-0.25, -0.2) is 17.2 Å². The molecule has 0 radical (unpaired) electrons. The van der Waals surface area contributed by atoms with Gasteiger partial charge in [-0.1, -0.05) is 12.1 Å². The second-order valence-electron chi connectivity index (χ2n) is 7.11. The summed E-state index contributed by atoms with van der Waals surface area (Å²) in [6.45, 7) is 1.06. The van der Waals surface area contributed by atoms with Crippen LogP contribution in [0.15, 0.2) is 29.2 Å². The topological polar surface area (TPSA) is 78.9 Å². The Kier molecular flexibility index (Phi) is 5.64. The van der Waals surface area contributed by atoms with E-state index in [9.17, 15) is 22.3 Å². The molecule has 3 atom stereocenters. The van der Waals surface area contributed by atoms with Crippen molar-refractivity contribution >= 4 is 9.84 Å². The summed E-state index contributed by atoms with van der Waals surface area (Å²) in [5.41, 5.74) is 0.882. The van der Waals surface area contributed by atoms with E-state index in [1.807, 2.05) is 0 Å². The number of hydrogen-bond donors (Lipinski definition) is 2. The maximum Gasteiger partial charge on any atom is 0.261 e. The Morgan fingerprint density at radius 2 is 2.04 bits per heavy atom. The van der Waals surface area contributed by atoms with Crippen molar-refractivity contribution in [2.45, 2.75) is 42.0 Å². The molecule has 2 heterocycles. The highest BCUT2D eigenvalue weighted by Gasteiger charge is 2.42. The molecule has 0 spiro atoms. The lowest BCUT2D eigenvalue weighted by Crippen LogP contribution is -2.44. The van der Waals surface area contributed by atoms with Gasteiger partial charge in [0.25, 0.3) is 5.92 Å². The predicted octanol–water partition coefficient (Wildman–Crippen LogP) is 0.649. The predicted molar refractivity (Wildman–Crippen MR) is 91.9 cm³/mol. The number of sulfone groups is 1. The van der Waals surface area contributed by atoms with Gasteiger partial charge in [-0.2, -0.15) is 0 Å². The van der Waals surface area contributed by atoms with E-state index in [0.29, 0.717) is 19.7 Å².